The van der Waals surface area contributed by atoms with Crippen LogP contribution in [-0.2, 0) is 16.1 Å². The summed E-state index contributed by atoms with van der Waals surface area (Å²) in [5.41, 5.74) is 2.55. The van der Waals surface area contributed by atoms with Crippen LogP contribution in [0.2, 0.25) is 0 Å². The highest BCUT2D eigenvalue weighted by molar-refractivity contribution is 9.11. The third kappa shape index (κ3) is 6.82. The third-order valence-corrected chi connectivity index (χ3v) is 6.04. The molecule has 9 heteroatoms. The normalized spacial score (nSPS) is 10.6. The number of hydrogen-bond donors (Lipinski definition) is 1. The number of carbonyl (C=O) groups is 2. The van der Waals surface area contributed by atoms with Gasteiger partial charge in [-0.25, -0.2) is 4.79 Å². The number of nitrogens with one attached hydrogen (secondary N) is 1. The van der Waals surface area contributed by atoms with Crippen molar-refractivity contribution in [2.75, 3.05) is 11.9 Å². The van der Waals surface area contributed by atoms with Gasteiger partial charge in [-0.2, -0.15) is 10.5 Å². The molecule has 36 heavy (non-hydrogen) atoms. The van der Waals surface area contributed by atoms with Crippen LogP contribution in [0, 0.1) is 22.7 Å². The molecule has 3 rings (SSSR count). The summed E-state index contributed by atoms with van der Waals surface area (Å²) in [6.07, 6.45) is 1.45. The van der Waals surface area contributed by atoms with Crippen LogP contribution in [0.1, 0.15) is 34.0 Å². The minimum absolute atomic E-state index is 0.111. The van der Waals surface area contributed by atoms with E-state index in [0.29, 0.717) is 37.1 Å². The van der Waals surface area contributed by atoms with Crippen LogP contribution in [0.4, 0.5) is 5.69 Å². The number of amides is 1. The van der Waals surface area contributed by atoms with Gasteiger partial charge in [0.1, 0.15) is 24.0 Å². The van der Waals surface area contributed by atoms with Gasteiger partial charge in [-0.1, -0.05) is 18.2 Å². The highest BCUT2D eigenvalue weighted by atomic mass is 79.9. The first-order valence-corrected chi connectivity index (χ1v) is 12.2. The second kappa shape index (κ2) is 12.7. The predicted octanol–water partition coefficient (Wildman–Crippen LogP) is 6.38. The van der Waals surface area contributed by atoms with Crippen molar-refractivity contribution in [3.05, 3.63) is 97.4 Å². The van der Waals surface area contributed by atoms with Gasteiger partial charge in [0.15, 0.2) is 0 Å². The highest BCUT2D eigenvalue weighted by Gasteiger charge is 2.14. The first-order chi connectivity index (χ1) is 17.4. The Morgan fingerprint density at radius 2 is 1.69 bits per heavy atom. The largest absolute Gasteiger partial charge is 0.486 e. The molecule has 0 saturated carbocycles. The number of ether oxygens (including phenoxy) is 2. The number of anilines is 1. The number of rotatable bonds is 8. The van der Waals surface area contributed by atoms with Crippen LogP contribution in [0.5, 0.6) is 5.75 Å². The van der Waals surface area contributed by atoms with Crippen LogP contribution in [0.15, 0.2) is 75.2 Å². The molecule has 3 aromatic carbocycles. The van der Waals surface area contributed by atoms with E-state index in [0.717, 1.165) is 5.56 Å². The Morgan fingerprint density at radius 3 is 2.31 bits per heavy atom. The molecule has 0 aliphatic heterocycles. The van der Waals surface area contributed by atoms with Crippen molar-refractivity contribution in [2.45, 2.75) is 13.5 Å². The lowest BCUT2D eigenvalue weighted by Crippen LogP contribution is -2.13. The summed E-state index contributed by atoms with van der Waals surface area (Å²) in [5, 5.41) is 21.4. The van der Waals surface area contributed by atoms with Crippen LogP contribution in [0.25, 0.3) is 6.08 Å². The molecular weight excluding hydrogens is 590 g/mol. The molecule has 0 atom stereocenters. The van der Waals surface area contributed by atoms with E-state index < -0.39 is 11.9 Å². The summed E-state index contributed by atoms with van der Waals surface area (Å²) < 4.78 is 12.0. The van der Waals surface area contributed by atoms with E-state index in [-0.39, 0.29) is 18.8 Å². The monoisotopic (exact) mass is 607 g/mol. The van der Waals surface area contributed by atoms with Crippen molar-refractivity contribution >= 4 is 55.5 Å². The van der Waals surface area contributed by atoms with Crippen molar-refractivity contribution in [3.63, 3.8) is 0 Å². The summed E-state index contributed by atoms with van der Waals surface area (Å²) in [5.74, 6) is -0.530. The van der Waals surface area contributed by atoms with Gasteiger partial charge in [-0.3, -0.25) is 4.79 Å². The number of carbonyl (C=O) groups excluding carboxylic acids is 2. The molecule has 0 saturated heterocycles. The summed E-state index contributed by atoms with van der Waals surface area (Å²) >= 11 is 6.94. The van der Waals surface area contributed by atoms with Crippen molar-refractivity contribution in [1.82, 2.24) is 0 Å². The molecule has 0 aliphatic carbocycles. The maximum absolute atomic E-state index is 12.7. The molecule has 180 valence electrons. The van der Waals surface area contributed by atoms with Crippen LogP contribution in [0.3, 0.4) is 0 Å². The molecule has 0 bridgehead atoms. The first-order valence-electron chi connectivity index (χ1n) is 10.7. The zero-order valence-corrected chi connectivity index (χ0v) is 22.2. The molecule has 0 fully saturated rings. The van der Waals surface area contributed by atoms with Crippen molar-refractivity contribution in [2.24, 2.45) is 0 Å². The lowest BCUT2D eigenvalue weighted by atomic mass is 10.1. The molecule has 0 radical (unpaired) electrons. The second-order valence-corrected chi connectivity index (χ2v) is 9.00. The van der Waals surface area contributed by atoms with Crippen molar-refractivity contribution in [3.8, 4) is 17.9 Å². The average molecular weight is 609 g/mol. The minimum Gasteiger partial charge on any atom is -0.486 e. The van der Waals surface area contributed by atoms with E-state index in [9.17, 15) is 20.1 Å². The van der Waals surface area contributed by atoms with Gasteiger partial charge in [-0.05, 0) is 92.9 Å². The molecule has 0 aliphatic rings. The van der Waals surface area contributed by atoms with Gasteiger partial charge in [-0.15, -0.1) is 0 Å². The Hall–Kier alpha value is -3.92. The van der Waals surface area contributed by atoms with E-state index in [1.165, 1.54) is 18.2 Å². The van der Waals surface area contributed by atoms with Crippen LogP contribution < -0.4 is 10.1 Å². The van der Waals surface area contributed by atoms with Gasteiger partial charge in [0, 0.05) is 11.3 Å². The van der Waals surface area contributed by atoms with Gasteiger partial charge in [0.25, 0.3) is 5.91 Å². The molecule has 0 spiro atoms. The molecule has 3 aromatic rings. The van der Waals surface area contributed by atoms with Crippen LogP contribution >= 0.6 is 31.9 Å². The predicted molar refractivity (Wildman–Crippen MR) is 142 cm³/mol. The zero-order valence-electron chi connectivity index (χ0n) is 19.0. The molecular formula is C27H19Br2N3O4. The highest BCUT2D eigenvalue weighted by Crippen LogP contribution is 2.36. The van der Waals surface area contributed by atoms with Crippen LogP contribution in [-0.4, -0.2) is 18.5 Å². The van der Waals surface area contributed by atoms with E-state index in [1.807, 2.05) is 18.2 Å². The topological polar surface area (TPSA) is 112 Å². The number of nitrogens with zero attached hydrogens (tertiary/aromatic N) is 2. The number of hydrogen-bond acceptors (Lipinski definition) is 6. The fourth-order valence-electron chi connectivity index (χ4n) is 3.12. The third-order valence-electron chi connectivity index (χ3n) is 4.86. The standard InChI is InChI=1S/C27H19Br2N3O4/c1-2-35-27(34)18-7-9-22(10-8-18)32-26(33)21(15-31)11-17-12-23(28)25(24(29)13-17)36-16-20-6-4-3-5-19(20)14-30/h3-13H,2,16H2,1H3,(H,32,33)/b21-11+. The summed E-state index contributed by atoms with van der Waals surface area (Å²) in [6.45, 7) is 2.18. The minimum atomic E-state index is -0.595. The van der Waals surface area contributed by atoms with Gasteiger partial charge >= 0.3 is 5.97 Å². The van der Waals surface area contributed by atoms with E-state index in [2.05, 4.69) is 43.2 Å². The number of benzene rings is 3. The average Bonchev–Trinajstić information content (AvgIpc) is 2.87. The number of esters is 1. The first kappa shape index (κ1) is 26.7. The summed E-state index contributed by atoms with van der Waals surface area (Å²) in [7, 11) is 0. The fraction of sp³-hybridized carbons (Fsp3) is 0.111. The number of nitriles is 2. The molecule has 7 nitrogen and oxygen atoms in total. The smallest absolute Gasteiger partial charge is 0.338 e. The Morgan fingerprint density at radius 1 is 1.03 bits per heavy atom. The summed E-state index contributed by atoms with van der Waals surface area (Å²) in [4.78, 5) is 24.4. The summed E-state index contributed by atoms with van der Waals surface area (Å²) in [6, 6.07) is 20.8. The van der Waals surface area contributed by atoms with Crippen molar-refractivity contribution in [1.29, 1.82) is 10.5 Å². The van der Waals surface area contributed by atoms with E-state index in [4.69, 9.17) is 9.47 Å². The maximum atomic E-state index is 12.7. The zero-order chi connectivity index (χ0) is 26.1. The van der Waals surface area contributed by atoms with Gasteiger partial charge < -0.3 is 14.8 Å². The molecule has 1 N–H and O–H groups in total. The molecule has 0 heterocycles. The number of halogens is 2. The lowest BCUT2D eigenvalue weighted by Gasteiger charge is -2.12. The molecule has 1 amide bonds. The Kier molecular flexibility index (Phi) is 9.40. The molecule has 0 aromatic heterocycles. The van der Waals surface area contributed by atoms with Crippen molar-refractivity contribution < 1.29 is 19.1 Å². The van der Waals surface area contributed by atoms with E-state index in [1.54, 1.807) is 43.3 Å². The van der Waals surface area contributed by atoms with Gasteiger partial charge in [0.05, 0.1) is 32.7 Å². The maximum Gasteiger partial charge on any atom is 0.338 e. The fourth-order valence-corrected chi connectivity index (χ4v) is 4.57. The lowest BCUT2D eigenvalue weighted by molar-refractivity contribution is -0.112. The molecule has 0 unspecified atom stereocenters. The Bertz CT molecular complexity index is 1380. The second-order valence-electron chi connectivity index (χ2n) is 7.29. The Labute approximate surface area is 225 Å². The quantitative estimate of drug-likeness (QED) is 0.180. The Balaban J connectivity index is 1.74. The SMILES string of the molecule is CCOC(=O)c1ccc(NC(=O)/C(C#N)=C/c2cc(Br)c(OCc3ccccc3C#N)c(Br)c2)cc1. The van der Waals surface area contributed by atoms with Gasteiger partial charge in [0.2, 0.25) is 0 Å². The van der Waals surface area contributed by atoms with E-state index >= 15 is 0 Å².